The lowest BCUT2D eigenvalue weighted by atomic mass is 10.1. The fourth-order valence-electron chi connectivity index (χ4n) is 3.07. The summed E-state index contributed by atoms with van der Waals surface area (Å²) in [5.41, 5.74) is 1.93. The number of nitrogens with one attached hydrogen (secondary N) is 1. The molecule has 0 bridgehead atoms. The van der Waals surface area contributed by atoms with Gasteiger partial charge in [0.1, 0.15) is 11.9 Å². The van der Waals surface area contributed by atoms with Crippen LogP contribution >= 0.6 is 27.7 Å². The maximum Gasteiger partial charge on any atom is 0.243 e. The van der Waals surface area contributed by atoms with Crippen molar-refractivity contribution >= 4 is 39.5 Å². The van der Waals surface area contributed by atoms with E-state index in [1.807, 2.05) is 45.0 Å². The van der Waals surface area contributed by atoms with Gasteiger partial charge in [-0.3, -0.25) is 9.59 Å². The maximum atomic E-state index is 13.3. The number of rotatable bonds is 11. The normalized spacial score (nSPS) is 12.8. The molecule has 0 aliphatic heterocycles. The molecule has 0 heterocycles. The van der Waals surface area contributed by atoms with Gasteiger partial charge >= 0.3 is 0 Å². The molecule has 2 amide bonds. The van der Waals surface area contributed by atoms with E-state index >= 15 is 0 Å². The topological polar surface area (TPSA) is 49.4 Å². The summed E-state index contributed by atoms with van der Waals surface area (Å²) in [4.78, 5) is 27.7. The van der Waals surface area contributed by atoms with Crippen LogP contribution in [0.2, 0.25) is 0 Å². The maximum absolute atomic E-state index is 13.3. The average Bonchev–Trinajstić information content (AvgIpc) is 2.76. The molecule has 0 unspecified atom stereocenters. The van der Waals surface area contributed by atoms with E-state index in [2.05, 4.69) is 21.2 Å². The van der Waals surface area contributed by atoms with E-state index in [9.17, 15) is 14.0 Å². The van der Waals surface area contributed by atoms with Gasteiger partial charge in [-0.2, -0.15) is 0 Å². The minimum Gasteiger partial charge on any atom is -0.352 e. The summed E-state index contributed by atoms with van der Waals surface area (Å²) in [5, 5.41) is 2.99. The Morgan fingerprint density at radius 1 is 1.03 bits per heavy atom. The number of hydrogen-bond acceptors (Lipinski definition) is 3. The van der Waals surface area contributed by atoms with Gasteiger partial charge < -0.3 is 10.2 Å². The van der Waals surface area contributed by atoms with Crippen LogP contribution in [0, 0.1) is 5.82 Å². The number of thioether (sulfide) groups is 1. The number of nitrogens with zero attached hydrogens (tertiary/aromatic N) is 1. The molecule has 0 saturated heterocycles. The molecule has 2 atom stereocenters. The fraction of sp³-hybridized carbons (Fsp3) is 0.417. The fourth-order valence-corrected chi connectivity index (χ4v) is 4.20. The first-order chi connectivity index (χ1) is 14.8. The molecule has 7 heteroatoms. The van der Waals surface area contributed by atoms with Crippen molar-refractivity contribution in [3.8, 4) is 0 Å². The molecular formula is C24H30BrFN2O2S. The van der Waals surface area contributed by atoms with Crippen molar-refractivity contribution in [2.45, 2.75) is 58.0 Å². The van der Waals surface area contributed by atoms with Crippen LogP contribution in [0.15, 0.2) is 53.0 Å². The van der Waals surface area contributed by atoms with Crippen molar-refractivity contribution in [3.05, 3.63) is 69.9 Å². The highest BCUT2D eigenvalue weighted by Crippen LogP contribution is 2.19. The summed E-state index contributed by atoms with van der Waals surface area (Å²) in [5.74, 6) is 0.403. The molecule has 4 nitrogen and oxygen atoms in total. The molecule has 0 fully saturated rings. The lowest BCUT2D eigenvalue weighted by molar-refractivity contribution is -0.139. The van der Waals surface area contributed by atoms with Gasteiger partial charge in [0.2, 0.25) is 11.8 Å². The van der Waals surface area contributed by atoms with Gasteiger partial charge in [0.25, 0.3) is 0 Å². The zero-order valence-electron chi connectivity index (χ0n) is 18.2. The zero-order chi connectivity index (χ0) is 22.8. The number of carbonyl (C=O) groups excluding carboxylic acids is 2. The van der Waals surface area contributed by atoms with E-state index in [-0.39, 0.29) is 36.0 Å². The number of hydrogen-bond donors (Lipinski definition) is 1. The van der Waals surface area contributed by atoms with Crippen molar-refractivity contribution in [1.29, 1.82) is 0 Å². The Morgan fingerprint density at radius 3 is 2.23 bits per heavy atom. The Balaban J connectivity index is 2.12. The van der Waals surface area contributed by atoms with Crippen molar-refractivity contribution in [2.75, 3.05) is 5.75 Å². The highest BCUT2D eigenvalue weighted by molar-refractivity contribution is 9.10. The molecule has 2 rings (SSSR count). The van der Waals surface area contributed by atoms with Crippen molar-refractivity contribution < 1.29 is 14.0 Å². The third-order valence-electron chi connectivity index (χ3n) is 5.06. The smallest absolute Gasteiger partial charge is 0.243 e. The van der Waals surface area contributed by atoms with E-state index in [4.69, 9.17) is 0 Å². The zero-order valence-corrected chi connectivity index (χ0v) is 20.6. The molecule has 0 radical (unpaired) electrons. The van der Waals surface area contributed by atoms with Crippen LogP contribution in [0.3, 0.4) is 0 Å². The molecule has 2 aromatic carbocycles. The first-order valence-electron chi connectivity index (χ1n) is 10.5. The molecule has 0 aliphatic carbocycles. The minimum atomic E-state index is -0.570. The van der Waals surface area contributed by atoms with Gasteiger partial charge in [-0.25, -0.2) is 4.39 Å². The van der Waals surface area contributed by atoms with Gasteiger partial charge in [0, 0.05) is 22.8 Å². The van der Waals surface area contributed by atoms with Crippen LogP contribution < -0.4 is 5.32 Å². The van der Waals surface area contributed by atoms with Crippen LogP contribution in [-0.2, 0) is 21.9 Å². The Labute approximate surface area is 197 Å². The lowest BCUT2D eigenvalue weighted by Crippen LogP contribution is -2.51. The quantitative estimate of drug-likeness (QED) is 0.433. The first-order valence-corrected chi connectivity index (χ1v) is 12.4. The predicted molar refractivity (Wildman–Crippen MR) is 129 cm³/mol. The van der Waals surface area contributed by atoms with E-state index in [0.717, 1.165) is 22.0 Å². The second-order valence-electron chi connectivity index (χ2n) is 7.51. The summed E-state index contributed by atoms with van der Waals surface area (Å²) in [6.07, 6.45) is 1.32. The van der Waals surface area contributed by atoms with Crippen LogP contribution in [0.1, 0.15) is 44.7 Å². The Bertz CT molecular complexity index is 846. The number of carbonyl (C=O) groups is 2. The average molecular weight is 509 g/mol. The molecule has 1 N–H and O–H groups in total. The first kappa shape index (κ1) is 25.4. The van der Waals surface area contributed by atoms with Crippen molar-refractivity contribution in [2.24, 2.45) is 0 Å². The van der Waals surface area contributed by atoms with E-state index in [1.54, 1.807) is 17.0 Å². The second-order valence-corrected chi connectivity index (χ2v) is 9.41. The number of amides is 2. The van der Waals surface area contributed by atoms with Crippen LogP contribution in [0.25, 0.3) is 0 Å². The van der Waals surface area contributed by atoms with E-state index in [0.29, 0.717) is 12.2 Å². The standard InChI is InChI=1S/C24H30BrFN2O2S/c1-4-17(3)27-24(30)22(5-2)28(14-18-8-12-21(26)13-9-18)23(29)16-31-15-19-6-10-20(25)11-7-19/h6-13,17,22H,4-5,14-16H2,1-3H3,(H,27,30)/t17-,22+/m0/s1. The Morgan fingerprint density at radius 2 is 1.65 bits per heavy atom. The highest BCUT2D eigenvalue weighted by Gasteiger charge is 2.29. The van der Waals surface area contributed by atoms with Gasteiger partial charge in [-0.05, 0) is 55.2 Å². The minimum absolute atomic E-state index is 0.0381. The van der Waals surface area contributed by atoms with Crippen molar-refractivity contribution in [1.82, 2.24) is 10.2 Å². The van der Waals surface area contributed by atoms with Gasteiger partial charge in [0.15, 0.2) is 0 Å². The Kier molecular flexibility index (Phi) is 10.5. The van der Waals surface area contributed by atoms with Gasteiger partial charge in [-0.1, -0.05) is 54.0 Å². The third-order valence-corrected chi connectivity index (χ3v) is 6.58. The predicted octanol–water partition coefficient (Wildman–Crippen LogP) is 5.54. The lowest BCUT2D eigenvalue weighted by Gasteiger charge is -2.31. The van der Waals surface area contributed by atoms with E-state index < -0.39 is 6.04 Å². The summed E-state index contributed by atoms with van der Waals surface area (Å²) < 4.78 is 14.3. The highest BCUT2D eigenvalue weighted by atomic mass is 79.9. The third kappa shape index (κ3) is 8.30. The van der Waals surface area contributed by atoms with E-state index in [1.165, 1.54) is 23.9 Å². The second kappa shape index (κ2) is 12.9. The number of benzene rings is 2. The summed E-state index contributed by atoms with van der Waals surface area (Å²) in [6.45, 7) is 6.13. The van der Waals surface area contributed by atoms with Crippen LogP contribution in [0.5, 0.6) is 0 Å². The summed E-state index contributed by atoms with van der Waals surface area (Å²) in [6, 6.07) is 13.5. The van der Waals surface area contributed by atoms with Crippen LogP contribution in [0.4, 0.5) is 4.39 Å². The summed E-state index contributed by atoms with van der Waals surface area (Å²) in [7, 11) is 0. The molecular weight excluding hydrogens is 479 g/mol. The molecule has 0 saturated carbocycles. The number of halogens is 2. The molecule has 0 aromatic heterocycles. The van der Waals surface area contributed by atoms with Crippen molar-refractivity contribution in [3.63, 3.8) is 0 Å². The monoisotopic (exact) mass is 508 g/mol. The molecule has 2 aromatic rings. The van der Waals surface area contributed by atoms with Gasteiger partial charge in [0.05, 0.1) is 5.75 Å². The Hall–Kier alpha value is -1.86. The largest absolute Gasteiger partial charge is 0.352 e. The SMILES string of the molecule is CC[C@H](C(=O)N[C@@H](C)CC)N(Cc1ccc(F)cc1)C(=O)CSCc1ccc(Br)cc1. The van der Waals surface area contributed by atoms with Gasteiger partial charge in [-0.15, -0.1) is 11.8 Å². The molecule has 0 spiro atoms. The molecule has 168 valence electrons. The summed E-state index contributed by atoms with van der Waals surface area (Å²) >= 11 is 4.94. The molecule has 31 heavy (non-hydrogen) atoms. The van der Waals surface area contributed by atoms with Crippen LogP contribution in [-0.4, -0.2) is 34.6 Å². The molecule has 0 aliphatic rings.